The molecule has 1 saturated heterocycles. The highest BCUT2D eigenvalue weighted by Crippen LogP contribution is 2.33. The van der Waals surface area contributed by atoms with Crippen molar-refractivity contribution in [2.75, 3.05) is 23.4 Å². The lowest BCUT2D eigenvalue weighted by molar-refractivity contribution is -0.137. The fraction of sp³-hybridized carbons (Fsp3) is 0.417. The van der Waals surface area contributed by atoms with E-state index in [0.717, 1.165) is 17.9 Å². The number of rotatable bonds is 2. The summed E-state index contributed by atoms with van der Waals surface area (Å²) in [7, 11) is 0. The molecule has 0 aliphatic carbocycles. The lowest BCUT2D eigenvalue weighted by atomic mass is 10.2. The van der Waals surface area contributed by atoms with Gasteiger partial charge in [0.05, 0.1) is 11.6 Å². The maximum atomic E-state index is 12.7. The van der Waals surface area contributed by atoms with Crippen LogP contribution in [0.3, 0.4) is 0 Å². The lowest BCUT2D eigenvalue weighted by Crippen LogP contribution is -2.46. The number of amides is 1. The third-order valence-corrected chi connectivity index (χ3v) is 4.01. The number of anilines is 1. The van der Waals surface area contributed by atoms with Crippen LogP contribution in [0.4, 0.5) is 18.9 Å². The Morgan fingerprint density at radius 1 is 1.40 bits per heavy atom. The summed E-state index contributed by atoms with van der Waals surface area (Å²) in [5, 5.41) is 5.41. The smallest absolute Gasteiger partial charge is 0.325 e. The molecule has 1 aromatic carbocycles. The maximum Gasteiger partial charge on any atom is 0.416 e. The molecule has 110 valence electrons. The summed E-state index contributed by atoms with van der Waals surface area (Å²) >= 11 is 7.28. The molecule has 0 aromatic heterocycles. The average molecular weight is 325 g/mol. The van der Waals surface area contributed by atoms with E-state index in [1.807, 2.05) is 0 Å². The topological polar surface area (TPSA) is 41.1 Å². The molecule has 1 aromatic rings. The van der Waals surface area contributed by atoms with Crippen molar-refractivity contribution in [2.24, 2.45) is 0 Å². The lowest BCUT2D eigenvalue weighted by Gasteiger charge is -2.22. The molecule has 2 rings (SSSR count). The van der Waals surface area contributed by atoms with Crippen molar-refractivity contribution in [1.82, 2.24) is 5.32 Å². The maximum absolute atomic E-state index is 12.7. The fourth-order valence-corrected chi connectivity index (χ4v) is 2.96. The van der Waals surface area contributed by atoms with Crippen molar-refractivity contribution in [2.45, 2.75) is 12.2 Å². The monoisotopic (exact) mass is 324 g/mol. The molecule has 0 radical (unpaired) electrons. The third-order valence-electron chi connectivity index (χ3n) is 2.73. The van der Waals surface area contributed by atoms with Crippen LogP contribution in [-0.4, -0.2) is 30.0 Å². The van der Waals surface area contributed by atoms with Gasteiger partial charge in [0.15, 0.2) is 0 Å². The van der Waals surface area contributed by atoms with Gasteiger partial charge >= 0.3 is 6.18 Å². The number of hydrogen-bond donors (Lipinski definition) is 2. The van der Waals surface area contributed by atoms with E-state index in [-0.39, 0.29) is 16.6 Å². The number of benzene rings is 1. The van der Waals surface area contributed by atoms with Gasteiger partial charge in [0, 0.05) is 28.8 Å². The molecule has 2 N–H and O–H groups in total. The van der Waals surface area contributed by atoms with E-state index in [9.17, 15) is 18.0 Å². The van der Waals surface area contributed by atoms with Crippen molar-refractivity contribution in [3.8, 4) is 0 Å². The molecule has 3 nitrogen and oxygen atoms in total. The Bertz CT molecular complexity index is 504. The van der Waals surface area contributed by atoms with Crippen LogP contribution in [0.1, 0.15) is 5.56 Å². The minimum absolute atomic E-state index is 0.0483. The van der Waals surface area contributed by atoms with E-state index in [1.165, 1.54) is 6.07 Å². The highest BCUT2D eigenvalue weighted by Gasteiger charge is 2.31. The largest absolute Gasteiger partial charge is 0.416 e. The van der Waals surface area contributed by atoms with Crippen molar-refractivity contribution in [3.05, 3.63) is 28.8 Å². The van der Waals surface area contributed by atoms with Crippen LogP contribution in [0.15, 0.2) is 18.2 Å². The summed E-state index contributed by atoms with van der Waals surface area (Å²) < 4.78 is 38.0. The summed E-state index contributed by atoms with van der Waals surface area (Å²) in [5.41, 5.74) is -0.835. The second-order valence-electron chi connectivity index (χ2n) is 4.30. The third kappa shape index (κ3) is 4.04. The van der Waals surface area contributed by atoms with Crippen LogP contribution >= 0.6 is 23.4 Å². The van der Waals surface area contributed by atoms with Crippen LogP contribution < -0.4 is 10.6 Å². The van der Waals surface area contributed by atoms with E-state index >= 15 is 0 Å². The van der Waals surface area contributed by atoms with Gasteiger partial charge in [-0.1, -0.05) is 11.6 Å². The summed E-state index contributed by atoms with van der Waals surface area (Å²) in [6.45, 7) is 0.700. The van der Waals surface area contributed by atoms with Gasteiger partial charge in [-0.25, -0.2) is 0 Å². The van der Waals surface area contributed by atoms with Crippen LogP contribution in [0, 0.1) is 0 Å². The normalized spacial score (nSPS) is 19.7. The summed E-state index contributed by atoms with van der Waals surface area (Å²) in [5.74, 6) is 1.16. The van der Waals surface area contributed by atoms with E-state index in [2.05, 4.69) is 10.6 Å². The molecule has 1 unspecified atom stereocenters. The second kappa shape index (κ2) is 6.24. The molecular weight excluding hydrogens is 313 g/mol. The van der Waals surface area contributed by atoms with Crippen LogP contribution in [0.5, 0.6) is 0 Å². The predicted octanol–water partition coefficient (Wildman–Crippen LogP) is 3.00. The minimum Gasteiger partial charge on any atom is -0.325 e. The summed E-state index contributed by atoms with van der Waals surface area (Å²) in [4.78, 5) is 11.9. The number of alkyl halides is 3. The van der Waals surface area contributed by atoms with Crippen molar-refractivity contribution >= 4 is 35.0 Å². The minimum atomic E-state index is -4.50. The quantitative estimate of drug-likeness (QED) is 0.878. The second-order valence-corrected chi connectivity index (χ2v) is 5.88. The van der Waals surface area contributed by atoms with Crippen molar-refractivity contribution < 1.29 is 18.0 Å². The Hall–Kier alpha value is -0.920. The Kier molecular flexibility index (Phi) is 4.82. The Labute approximate surface area is 123 Å². The van der Waals surface area contributed by atoms with Gasteiger partial charge < -0.3 is 10.6 Å². The van der Waals surface area contributed by atoms with Crippen LogP contribution in [-0.2, 0) is 11.0 Å². The first kappa shape index (κ1) is 15.5. The highest BCUT2D eigenvalue weighted by molar-refractivity contribution is 7.99. The van der Waals surface area contributed by atoms with E-state index in [1.54, 1.807) is 11.8 Å². The first-order valence-corrected chi connectivity index (χ1v) is 7.39. The number of thioether (sulfide) groups is 1. The number of nitrogens with one attached hydrogen (secondary N) is 2. The standard InChI is InChI=1S/C12H12ClF3N2OS/c13-8-3-7(12(14,15)16)4-9(5-8)18-11(19)10-6-20-2-1-17-10/h3-5,10,17H,1-2,6H2,(H,18,19). The molecule has 1 atom stereocenters. The summed E-state index contributed by atoms with van der Waals surface area (Å²) in [6, 6.07) is 2.60. The molecule has 1 fully saturated rings. The zero-order valence-corrected chi connectivity index (χ0v) is 11.8. The molecule has 0 spiro atoms. The van der Waals surface area contributed by atoms with Gasteiger partial charge in [-0.3, -0.25) is 4.79 Å². The molecule has 1 aliphatic rings. The van der Waals surface area contributed by atoms with E-state index < -0.39 is 17.8 Å². The van der Waals surface area contributed by atoms with Gasteiger partial charge in [0.2, 0.25) is 5.91 Å². The Morgan fingerprint density at radius 3 is 2.75 bits per heavy atom. The zero-order chi connectivity index (χ0) is 14.8. The molecule has 8 heteroatoms. The fourth-order valence-electron chi connectivity index (χ4n) is 1.79. The zero-order valence-electron chi connectivity index (χ0n) is 10.3. The number of carbonyl (C=O) groups excluding carboxylic acids is 1. The van der Waals surface area contributed by atoms with E-state index in [0.29, 0.717) is 12.3 Å². The van der Waals surface area contributed by atoms with Gasteiger partial charge in [-0.15, -0.1) is 0 Å². The number of halogens is 4. The SMILES string of the molecule is O=C(Nc1cc(Cl)cc(C(F)(F)F)c1)C1CSCCN1. The highest BCUT2D eigenvalue weighted by atomic mass is 35.5. The van der Waals surface area contributed by atoms with Crippen molar-refractivity contribution in [1.29, 1.82) is 0 Å². The van der Waals surface area contributed by atoms with Gasteiger partial charge in [0.1, 0.15) is 0 Å². The Balaban J connectivity index is 2.12. The molecule has 1 aliphatic heterocycles. The predicted molar refractivity (Wildman–Crippen MR) is 74.2 cm³/mol. The van der Waals surface area contributed by atoms with E-state index in [4.69, 9.17) is 11.6 Å². The van der Waals surface area contributed by atoms with Crippen molar-refractivity contribution in [3.63, 3.8) is 0 Å². The Morgan fingerprint density at radius 2 is 2.15 bits per heavy atom. The molecule has 20 heavy (non-hydrogen) atoms. The van der Waals surface area contributed by atoms with Crippen LogP contribution in [0.25, 0.3) is 0 Å². The number of hydrogen-bond acceptors (Lipinski definition) is 3. The molecule has 1 amide bonds. The molecular formula is C12H12ClF3N2OS. The molecule has 1 heterocycles. The van der Waals surface area contributed by atoms with Gasteiger partial charge in [-0.05, 0) is 18.2 Å². The first-order valence-electron chi connectivity index (χ1n) is 5.86. The molecule has 0 bridgehead atoms. The average Bonchev–Trinajstić information content (AvgIpc) is 2.38. The summed E-state index contributed by atoms with van der Waals surface area (Å²) in [6.07, 6.45) is -4.50. The molecule has 0 saturated carbocycles. The van der Waals surface area contributed by atoms with Gasteiger partial charge in [0.25, 0.3) is 0 Å². The first-order chi connectivity index (χ1) is 9.36. The number of carbonyl (C=O) groups is 1. The van der Waals surface area contributed by atoms with Gasteiger partial charge in [-0.2, -0.15) is 24.9 Å². The van der Waals surface area contributed by atoms with Crippen LogP contribution in [0.2, 0.25) is 5.02 Å².